The van der Waals surface area contributed by atoms with Crippen molar-refractivity contribution in [3.05, 3.63) is 70.0 Å². The summed E-state index contributed by atoms with van der Waals surface area (Å²) < 4.78 is 43.7. The highest BCUT2D eigenvalue weighted by atomic mass is 32.2. The van der Waals surface area contributed by atoms with E-state index in [9.17, 15) is 18.0 Å². The summed E-state index contributed by atoms with van der Waals surface area (Å²) in [5, 5.41) is 5.28. The van der Waals surface area contributed by atoms with Crippen molar-refractivity contribution in [1.82, 2.24) is 24.0 Å². The lowest BCUT2D eigenvalue weighted by atomic mass is 9.81. The van der Waals surface area contributed by atoms with E-state index in [-0.39, 0.29) is 29.6 Å². The molecule has 1 aliphatic carbocycles. The Morgan fingerprint density at radius 2 is 1.67 bits per heavy atom. The maximum absolute atomic E-state index is 14.7. The molecule has 54 heavy (non-hydrogen) atoms. The Morgan fingerprint density at radius 3 is 2.31 bits per heavy atom. The molecule has 0 bridgehead atoms. The number of aromatic nitrogens is 3. The molecule has 2 amide bonds. The summed E-state index contributed by atoms with van der Waals surface area (Å²) in [5.41, 5.74) is 8.39. The average Bonchev–Trinajstić information content (AvgIpc) is 3.59. The number of fused-ring (bicyclic) bond motifs is 5. The first-order valence-electron chi connectivity index (χ1n) is 19.3. The van der Waals surface area contributed by atoms with Gasteiger partial charge in [-0.05, 0) is 105 Å². The second kappa shape index (κ2) is 14.7. The second-order valence-electron chi connectivity index (χ2n) is 15.9. The van der Waals surface area contributed by atoms with Gasteiger partial charge < -0.3 is 18.9 Å². The van der Waals surface area contributed by atoms with Crippen LogP contribution in [0.1, 0.15) is 129 Å². The Morgan fingerprint density at radius 1 is 0.963 bits per heavy atom. The third-order valence-corrected chi connectivity index (χ3v) is 13.0. The molecule has 3 aliphatic rings. The van der Waals surface area contributed by atoms with Crippen LogP contribution in [0.2, 0.25) is 0 Å². The van der Waals surface area contributed by atoms with Crippen LogP contribution >= 0.6 is 0 Å². The van der Waals surface area contributed by atoms with Crippen LogP contribution in [-0.2, 0) is 28.4 Å². The highest BCUT2D eigenvalue weighted by Crippen LogP contribution is 2.48. The van der Waals surface area contributed by atoms with Crippen LogP contribution in [0.3, 0.4) is 0 Å². The van der Waals surface area contributed by atoms with Crippen molar-refractivity contribution in [3.63, 3.8) is 0 Å². The number of amides is 2. The molecule has 7 rings (SSSR count). The molecule has 2 fully saturated rings. The lowest BCUT2D eigenvalue weighted by Crippen LogP contribution is -2.48. The van der Waals surface area contributed by atoms with Crippen molar-refractivity contribution in [1.29, 1.82) is 0 Å². The maximum atomic E-state index is 14.7. The molecule has 12 heteroatoms. The third kappa shape index (κ3) is 6.87. The Balaban J connectivity index is 1.48. The zero-order valence-electron chi connectivity index (χ0n) is 32.7. The first-order valence-corrected chi connectivity index (χ1v) is 20.9. The van der Waals surface area contributed by atoms with Gasteiger partial charge in [-0.1, -0.05) is 39.2 Å². The maximum Gasteiger partial charge on any atom is 0.264 e. The van der Waals surface area contributed by atoms with E-state index in [2.05, 4.69) is 41.3 Å². The molecule has 2 aromatic heterocycles. The number of rotatable bonds is 8. The third-order valence-electron chi connectivity index (χ3n) is 11.3. The number of benzene rings is 2. The second-order valence-corrected chi connectivity index (χ2v) is 18.2. The predicted octanol–water partition coefficient (Wildman–Crippen LogP) is 7.49. The number of hydrogen-bond acceptors (Lipinski definition) is 7. The van der Waals surface area contributed by atoms with E-state index in [0.29, 0.717) is 31.1 Å². The number of allylic oxidation sites excluding steroid dienone is 1. The molecule has 2 unspecified atom stereocenters. The Bertz CT molecular complexity index is 2250. The number of carbonyl (C=O) groups excluding carboxylic acids is 2. The zero-order valence-corrected chi connectivity index (χ0v) is 33.5. The fourth-order valence-electron chi connectivity index (χ4n) is 8.66. The number of hydrogen-bond donors (Lipinski definition) is 1. The number of sulfonamides is 1. The highest BCUT2D eigenvalue weighted by molar-refractivity contribution is 7.90. The molecule has 2 atom stereocenters. The molecule has 2 aliphatic heterocycles. The van der Waals surface area contributed by atoms with Crippen molar-refractivity contribution in [2.75, 3.05) is 20.2 Å². The summed E-state index contributed by atoms with van der Waals surface area (Å²) in [6.07, 6.45) is 7.57. The highest BCUT2D eigenvalue weighted by Gasteiger charge is 2.36. The van der Waals surface area contributed by atoms with E-state index in [0.717, 1.165) is 76.1 Å². The molecule has 11 nitrogen and oxygen atoms in total. The monoisotopic (exact) mass is 755 g/mol. The van der Waals surface area contributed by atoms with Crippen LogP contribution in [0.4, 0.5) is 0 Å². The number of nitrogens with one attached hydrogen (secondary N) is 1. The normalized spacial score (nSPS) is 19.4. The van der Waals surface area contributed by atoms with Gasteiger partial charge in [-0.25, -0.2) is 13.1 Å². The minimum Gasteiger partial charge on any atom is -0.497 e. The Hall–Kier alpha value is -4.42. The summed E-state index contributed by atoms with van der Waals surface area (Å²) >= 11 is 0. The van der Waals surface area contributed by atoms with Crippen molar-refractivity contribution in [2.24, 2.45) is 7.05 Å². The minimum atomic E-state index is -3.85. The number of carbonyl (C=O) groups is 2. The summed E-state index contributed by atoms with van der Waals surface area (Å²) in [4.78, 5) is 30.2. The van der Waals surface area contributed by atoms with Crippen LogP contribution < -0.4 is 9.46 Å². The van der Waals surface area contributed by atoms with Crippen LogP contribution in [0.15, 0.2) is 36.4 Å². The standard InChI is InChI=1S/C42H53N5O6S/c1-24(2)38-37(42(49)46-21-26(5)53-27(6)22-46)39(45(7)43-38)31-18-30-19-32(52-8)15-17-33(30)40-36(28-12-10-9-11-13-28)34-16-14-29(20-35(34)47(40)23-31)41(48)44-54(50,51)25(3)4/h14-20,24-28H,9-13,21-23H2,1-8H3,(H,44,48). The largest absolute Gasteiger partial charge is 0.497 e. The van der Waals surface area contributed by atoms with Crippen LogP contribution in [0.5, 0.6) is 5.75 Å². The van der Waals surface area contributed by atoms with Crippen molar-refractivity contribution in [2.45, 2.75) is 109 Å². The van der Waals surface area contributed by atoms with Crippen molar-refractivity contribution in [3.8, 4) is 17.0 Å². The quantitative estimate of drug-likeness (QED) is 0.198. The number of nitrogens with zero attached hydrogens (tertiary/aromatic N) is 4. The molecule has 1 saturated heterocycles. The van der Waals surface area contributed by atoms with Gasteiger partial charge in [0.2, 0.25) is 10.0 Å². The van der Waals surface area contributed by atoms with Gasteiger partial charge in [0.25, 0.3) is 11.8 Å². The summed E-state index contributed by atoms with van der Waals surface area (Å²) in [7, 11) is -0.278. The molecule has 288 valence electrons. The molecule has 1 saturated carbocycles. The minimum absolute atomic E-state index is 0.0115. The molecule has 0 radical (unpaired) electrons. The molecule has 4 heterocycles. The van der Waals surface area contributed by atoms with Crippen LogP contribution in [-0.4, -0.2) is 77.1 Å². The molecule has 0 spiro atoms. The van der Waals surface area contributed by atoms with E-state index >= 15 is 0 Å². The van der Waals surface area contributed by atoms with Gasteiger partial charge in [0.1, 0.15) is 5.75 Å². The van der Waals surface area contributed by atoms with E-state index in [1.807, 2.05) is 48.7 Å². The summed E-state index contributed by atoms with van der Waals surface area (Å²) in [6, 6.07) is 11.7. The number of methoxy groups -OCH3 is 1. The van der Waals surface area contributed by atoms with Gasteiger partial charge in [0, 0.05) is 42.2 Å². The lowest BCUT2D eigenvalue weighted by molar-refractivity contribution is -0.0586. The Labute approximate surface area is 318 Å². The van der Waals surface area contributed by atoms with Gasteiger partial charge in [-0.2, -0.15) is 5.10 Å². The van der Waals surface area contributed by atoms with Gasteiger partial charge >= 0.3 is 0 Å². The summed E-state index contributed by atoms with van der Waals surface area (Å²) in [6.45, 7) is 12.6. The first kappa shape index (κ1) is 37.9. The number of aryl methyl sites for hydroxylation is 1. The van der Waals surface area contributed by atoms with E-state index in [1.165, 1.54) is 12.0 Å². The van der Waals surface area contributed by atoms with Crippen molar-refractivity contribution < 1.29 is 27.5 Å². The van der Waals surface area contributed by atoms with Gasteiger partial charge in [-0.3, -0.25) is 14.3 Å². The predicted molar refractivity (Wildman–Crippen MR) is 212 cm³/mol. The zero-order chi connectivity index (χ0) is 38.6. The average molecular weight is 756 g/mol. The summed E-state index contributed by atoms with van der Waals surface area (Å²) in [5.74, 6) is 0.291. The molecule has 4 aromatic rings. The molecule has 2 aromatic carbocycles. The van der Waals surface area contributed by atoms with Gasteiger partial charge in [0.15, 0.2) is 0 Å². The van der Waals surface area contributed by atoms with Gasteiger partial charge in [-0.15, -0.1) is 0 Å². The van der Waals surface area contributed by atoms with E-state index < -0.39 is 21.2 Å². The SMILES string of the molecule is COc1ccc2c(c1)C=C(c1c(C(=O)N3CC(C)OC(C)C3)c(C(C)C)nn1C)Cn1c-2c(C2CCCCC2)c2ccc(C(=O)NS(=O)(=O)C(C)C)cc21. The Kier molecular flexibility index (Phi) is 10.3. The van der Waals surface area contributed by atoms with E-state index in [4.69, 9.17) is 14.6 Å². The van der Waals surface area contributed by atoms with E-state index in [1.54, 1.807) is 27.0 Å². The van der Waals surface area contributed by atoms with Gasteiger partial charge in [0.05, 0.1) is 53.8 Å². The fraction of sp³-hybridized carbons (Fsp3) is 0.500. The lowest BCUT2D eigenvalue weighted by Gasteiger charge is -2.35. The molecular weight excluding hydrogens is 703 g/mol. The topological polar surface area (TPSA) is 125 Å². The molecular formula is C42H53N5O6S. The fourth-order valence-corrected chi connectivity index (χ4v) is 9.27. The molecule has 1 N–H and O–H groups in total. The van der Waals surface area contributed by atoms with Crippen molar-refractivity contribution >= 4 is 44.4 Å². The number of ether oxygens (including phenoxy) is 2. The smallest absolute Gasteiger partial charge is 0.264 e. The van der Waals surface area contributed by atoms with Crippen LogP contribution in [0, 0.1) is 0 Å². The van der Waals surface area contributed by atoms with Crippen LogP contribution in [0.25, 0.3) is 33.8 Å². The number of morpholine rings is 1. The first-order chi connectivity index (χ1) is 25.7.